The van der Waals surface area contributed by atoms with E-state index in [4.69, 9.17) is 11.1 Å². The standard InChI is InChI=1S/C12H24N2S/c1-12(2,11(13)14)8-5-9-15-10-6-3-4-7-10/h10H,3-9H2,1-2H3,(H3,13,14). The molecule has 0 bridgehead atoms. The molecule has 1 fully saturated rings. The van der Waals surface area contributed by atoms with Gasteiger partial charge in [0.15, 0.2) is 0 Å². The van der Waals surface area contributed by atoms with E-state index < -0.39 is 0 Å². The fourth-order valence-corrected chi connectivity index (χ4v) is 3.26. The molecule has 0 aromatic rings. The van der Waals surface area contributed by atoms with Gasteiger partial charge in [0.05, 0.1) is 5.84 Å². The Balaban J connectivity index is 2.08. The van der Waals surface area contributed by atoms with Crippen molar-refractivity contribution in [3.8, 4) is 0 Å². The van der Waals surface area contributed by atoms with Gasteiger partial charge in [0.25, 0.3) is 0 Å². The number of hydrogen-bond donors (Lipinski definition) is 2. The van der Waals surface area contributed by atoms with Crippen LogP contribution in [-0.2, 0) is 0 Å². The molecule has 0 saturated heterocycles. The highest BCUT2D eigenvalue weighted by Crippen LogP contribution is 2.31. The van der Waals surface area contributed by atoms with Gasteiger partial charge in [0.1, 0.15) is 0 Å². The largest absolute Gasteiger partial charge is 0.387 e. The van der Waals surface area contributed by atoms with Crippen LogP contribution in [0, 0.1) is 10.8 Å². The van der Waals surface area contributed by atoms with Crippen LogP contribution in [0.25, 0.3) is 0 Å². The average Bonchev–Trinajstić information content (AvgIpc) is 2.64. The Hall–Kier alpha value is -0.180. The van der Waals surface area contributed by atoms with Gasteiger partial charge in [-0.25, -0.2) is 0 Å². The molecule has 0 unspecified atom stereocenters. The minimum atomic E-state index is -0.101. The predicted molar refractivity (Wildman–Crippen MR) is 69.6 cm³/mol. The first-order valence-corrected chi connectivity index (χ1v) is 7.03. The molecule has 0 amide bonds. The first kappa shape index (κ1) is 12.9. The molecule has 1 saturated carbocycles. The molecule has 1 aliphatic carbocycles. The molecule has 0 aromatic carbocycles. The Morgan fingerprint density at radius 3 is 2.53 bits per heavy atom. The molecule has 2 nitrogen and oxygen atoms in total. The monoisotopic (exact) mass is 228 g/mol. The van der Waals surface area contributed by atoms with E-state index in [1.807, 2.05) is 0 Å². The lowest BCUT2D eigenvalue weighted by Gasteiger charge is -2.22. The molecule has 88 valence electrons. The Kier molecular flexibility index (Phi) is 4.97. The van der Waals surface area contributed by atoms with Crippen LogP contribution >= 0.6 is 11.8 Å². The lowest BCUT2D eigenvalue weighted by molar-refractivity contribution is 0.464. The van der Waals surface area contributed by atoms with Crippen LogP contribution in [0.2, 0.25) is 0 Å². The van der Waals surface area contributed by atoms with Gasteiger partial charge in [-0.2, -0.15) is 11.8 Å². The van der Waals surface area contributed by atoms with Crippen LogP contribution in [0.3, 0.4) is 0 Å². The van der Waals surface area contributed by atoms with Gasteiger partial charge in [-0.05, 0) is 31.4 Å². The summed E-state index contributed by atoms with van der Waals surface area (Å²) in [6.07, 6.45) is 7.92. The van der Waals surface area contributed by atoms with Crippen molar-refractivity contribution in [2.75, 3.05) is 5.75 Å². The normalized spacial score (nSPS) is 18.3. The fourth-order valence-electron chi connectivity index (χ4n) is 1.95. The second-order valence-electron chi connectivity index (χ2n) is 5.18. The molecule has 0 aliphatic heterocycles. The van der Waals surface area contributed by atoms with Crippen LogP contribution in [0.1, 0.15) is 52.4 Å². The quantitative estimate of drug-likeness (QED) is 0.416. The van der Waals surface area contributed by atoms with E-state index in [1.165, 1.54) is 37.9 Å². The highest BCUT2D eigenvalue weighted by Gasteiger charge is 2.21. The summed E-state index contributed by atoms with van der Waals surface area (Å²) in [6.45, 7) is 4.13. The molecule has 1 aliphatic rings. The molecular weight excluding hydrogens is 204 g/mol. The Labute approximate surface area is 97.9 Å². The number of hydrogen-bond acceptors (Lipinski definition) is 2. The van der Waals surface area contributed by atoms with Crippen LogP contribution in [-0.4, -0.2) is 16.8 Å². The molecular formula is C12H24N2S. The highest BCUT2D eigenvalue weighted by molar-refractivity contribution is 7.99. The zero-order chi connectivity index (χ0) is 11.3. The summed E-state index contributed by atoms with van der Waals surface area (Å²) in [4.78, 5) is 0. The van der Waals surface area contributed by atoms with E-state index in [1.54, 1.807) is 0 Å². The number of nitrogens with one attached hydrogen (secondary N) is 1. The molecule has 0 radical (unpaired) electrons. The Morgan fingerprint density at radius 2 is 2.00 bits per heavy atom. The molecule has 0 aromatic heterocycles. The average molecular weight is 228 g/mol. The third-order valence-corrected chi connectivity index (χ3v) is 4.80. The van der Waals surface area contributed by atoms with Crippen molar-refractivity contribution in [1.29, 1.82) is 5.41 Å². The lowest BCUT2D eigenvalue weighted by Crippen LogP contribution is -2.30. The van der Waals surface area contributed by atoms with Gasteiger partial charge in [-0.15, -0.1) is 0 Å². The first-order chi connectivity index (χ1) is 7.02. The van der Waals surface area contributed by atoms with Crippen LogP contribution in [0.4, 0.5) is 0 Å². The van der Waals surface area contributed by atoms with Gasteiger partial charge in [-0.3, -0.25) is 5.41 Å². The number of amidine groups is 1. The smallest absolute Gasteiger partial charge is 0.0963 e. The number of nitrogens with two attached hydrogens (primary N) is 1. The summed E-state index contributed by atoms with van der Waals surface area (Å²) in [5.41, 5.74) is 5.45. The van der Waals surface area contributed by atoms with Crippen molar-refractivity contribution in [2.45, 2.75) is 57.6 Å². The van der Waals surface area contributed by atoms with E-state index in [-0.39, 0.29) is 5.41 Å². The summed E-state index contributed by atoms with van der Waals surface area (Å²) in [5, 5.41) is 8.39. The van der Waals surface area contributed by atoms with Crippen molar-refractivity contribution < 1.29 is 0 Å². The zero-order valence-electron chi connectivity index (χ0n) is 10.0. The summed E-state index contributed by atoms with van der Waals surface area (Å²) >= 11 is 2.13. The van der Waals surface area contributed by atoms with E-state index in [0.717, 1.165) is 11.7 Å². The summed E-state index contributed by atoms with van der Waals surface area (Å²) in [6, 6.07) is 0. The van der Waals surface area contributed by atoms with Gasteiger partial charge >= 0.3 is 0 Å². The fraction of sp³-hybridized carbons (Fsp3) is 0.917. The molecule has 15 heavy (non-hydrogen) atoms. The molecule has 3 N–H and O–H groups in total. The van der Waals surface area contributed by atoms with Gasteiger partial charge in [0, 0.05) is 10.7 Å². The van der Waals surface area contributed by atoms with Crippen molar-refractivity contribution in [2.24, 2.45) is 11.1 Å². The maximum Gasteiger partial charge on any atom is 0.0963 e. The molecule has 3 heteroatoms. The van der Waals surface area contributed by atoms with E-state index in [9.17, 15) is 0 Å². The molecule has 0 atom stereocenters. The molecule has 0 heterocycles. The van der Waals surface area contributed by atoms with Crippen molar-refractivity contribution >= 4 is 17.6 Å². The van der Waals surface area contributed by atoms with Crippen LogP contribution < -0.4 is 5.73 Å². The maximum absolute atomic E-state index is 7.47. The molecule has 1 rings (SSSR count). The summed E-state index contributed by atoms with van der Waals surface area (Å²) < 4.78 is 0. The number of thioether (sulfide) groups is 1. The van der Waals surface area contributed by atoms with Gasteiger partial charge in [-0.1, -0.05) is 26.7 Å². The van der Waals surface area contributed by atoms with E-state index in [0.29, 0.717) is 5.84 Å². The lowest BCUT2D eigenvalue weighted by atomic mass is 9.87. The van der Waals surface area contributed by atoms with Crippen LogP contribution in [0.5, 0.6) is 0 Å². The summed E-state index contributed by atoms with van der Waals surface area (Å²) in [5.74, 6) is 1.56. The van der Waals surface area contributed by atoms with Crippen LogP contribution in [0.15, 0.2) is 0 Å². The van der Waals surface area contributed by atoms with Gasteiger partial charge in [0.2, 0.25) is 0 Å². The predicted octanol–water partition coefficient (Wildman–Crippen LogP) is 3.40. The third-order valence-electron chi connectivity index (χ3n) is 3.33. The highest BCUT2D eigenvalue weighted by atomic mass is 32.2. The SMILES string of the molecule is CC(C)(CCCSC1CCCC1)C(=N)N. The molecule has 0 spiro atoms. The minimum absolute atomic E-state index is 0.101. The second kappa shape index (κ2) is 5.78. The Bertz CT molecular complexity index is 208. The van der Waals surface area contributed by atoms with E-state index in [2.05, 4.69) is 25.6 Å². The third kappa shape index (κ3) is 4.45. The topological polar surface area (TPSA) is 49.9 Å². The van der Waals surface area contributed by atoms with Crippen molar-refractivity contribution in [1.82, 2.24) is 0 Å². The number of rotatable bonds is 6. The Morgan fingerprint density at radius 1 is 1.40 bits per heavy atom. The van der Waals surface area contributed by atoms with Crippen molar-refractivity contribution in [3.63, 3.8) is 0 Å². The van der Waals surface area contributed by atoms with E-state index >= 15 is 0 Å². The van der Waals surface area contributed by atoms with Crippen molar-refractivity contribution in [3.05, 3.63) is 0 Å². The maximum atomic E-state index is 7.47. The second-order valence-corrected chi connectivity index (χ2v) is 6.59. The summed E-state index contributed by atoms with van der Waals surface area (Å²) in [7, 11) is 0. The zero-order valence-corrected chi connectivity index (χ0v) is 10.8. The minimum Gasteiger partial charge on any atom is -0.387 e. The first-order valence-electron chi connectivity index (χ1n) is 5.98. The van der Waals surface area contributed by atoms with Gasteiger partial charge < -0.3 is 5.73 Å².